The number of anilines is 2. The van der Waals surface area contributed by atoms with Crippen molar-refractivity contribution in [3.05, 3.63) is 22.2 Å². The van der Waals surface area contributed by atoms with Crippen molar-refractivity contribution < 1.29 is 0 Å². The Morgan fingerprint density at radius 2 is 2.00 bits per heavy atom. The van der Waals surface area contributed by atoms with Crippen molar-refractivity contribution in [3.63, 3.8) is 0 Å². The Labute approximate surface area is 105 Å². The summed E-state index contributed by atoms with van der Waals surface area (Å²) in [5.41, 5.74) is 7.28. The molecule has 0 heterocycles. The van der Waals surface area contributed by atoms with Gasteiger partial charge in [-0.1, -0.05) is 23.2 Å². The van der Waals surface area contributed by atoms with Gasteiger partial charge in [0.25, 0.3) is 0 Å². The molecule has 0 atom stereocenters. The summed E-state index contributed by atoms with van der Waals surface area (Å²) in [6.45, 7) is 0.892. The molecule has 0 aliphatic rings. The van der Waals surface area contributed by atoms with E-state index in [9.17, 15) is 0 Å². The van der Waals surface area contributed by atoms with Gasteiger partial charge in [0, 0.05) is 6.54 Å². The monoisotopic (exact) mass is 264 g/mol. The summed E-state index contributed by atoms with van der Waals surface area (Å²) in [6.07, 6.45) is 3.19. The maximum absolute atomic E-state index is 5.89. The number of benzene rings is 1. The van der Waals surface area contributed by atoms with E-state index in [1.165, 1.54) is 0 Å². The maximum atomic E-state index is 5.89. The first-order valence-corrected chi connectivity index (χ1v) is 6.77. The van der Waals surface area contributed by atoms with Gasteiger partial charge < -0.3 is 11.1 Å². The molecule has 0 spiro atoms. The molecule has 2 nitrogen and oxygen atoms in total. The molecule has 0 saturated carbocycles. The molecule has 0 radical (unpaired) electrons. The van der Waals surface area contributed by atoms with Crippen molar-refractivity contribution in [2.45, 2.75) is 6.42 Å². The summed E-state index contributed by atoms with van der Waals surface area (Å²) in [5, 5.41) is 4.25. The van der Waals surface area contributed by atoms with Crippen molar-refractivity contribution >= 4 is 46.3 Å². The van der Waals surface area contributed by atoms with Crippen molar-refractivity contribution in [1.29, 1.82) is 0 Å². The Morgan fingerprint density at radius 1 is 1.33 bits per heavy atom. The summed E-state index contributed by atoms with van der Waals surface area (Å²) in [7, 11) is 0. The van der Waals surface area contributed by atoms with Crippen LogP contribution in [0.4, 0.5) is 11.4 Å². The second-order valence-electron chi connectivity index (χ2n) is 3.13. The van der Waals surface area contributed by atoms with Crippen molar-refractivity contribution in [3.8, 4) is 0 Å². The Balaban J connectivity index is 2.57. The van der Waals surface area contributed by atoms with Crippen LogP contribution in [0.15, 0.2) is 12.1 Å². The standard InChI is InChI=1S/C10H14Cl2N2S/c1-15-4-2-3-14-10-6-8(12)7(11)5-9(10)13/h5-6,14H,2-4,13H2,1H3. The molecule has 84 valence electrons. The van der Waals surface area contributed by atoms with Crippen LogP contribution in [-0.4, -0.2) is 18.6 Å². The Hall–Kier alpha value is -0.250. The van der Waals surface area contributed by atoms with E-state index in [-0.39, 0.29) is 0 Å². The van der Waals surface area contributed by atoms with Crippen LogP contribution >= 0.6 is 35.0 Å². The molecule has 15 heavy (non-hydrogen) atoms. The fraction of sp³-hybridized carbons (Fsp3) is 0.400. The first-order valence-electron chi connectivity index (χ1n) is 4.62. The highest BCUT2D eigenvalue weighted by molar-refractivity contribution is 7.98. The van der Waals surface area contributed by atoms with Crippen LogP contribution in [0.2, 0.25) is 10.0 Å². The fourth-order valence-electron chi connectivity index (χ4n) is 1.15. The first-order chi connectivity index (χ1) is 7.15. The molecule has 1 aromatic rings. The predicted molar refractivity (Wildman–Crippen MR) is 72.4 cm³/mol. The van der Waals surface area contributed by atoms with Crippen LogP contribution in [0.3, 0.4) is 0 Å². The fourth-order valence-corrected chi connectivity index (χ4v) is 1.92. The Bertz CT molecular complexity index is 331. The van der Waals surface area contributed by atoms with E-state index in [2.05, 4.69) is 11.6 Å². The van der Waals surface area contributed by atoms with Gasteiger partial charge in [0.15, 0.2) is 0 Å². The smallest absolute Gasteiger partial charge is 0.0614 e. The number of halogens is 2. The van der Waals surface area contributed by atoms with Crippen LogP contribution in [0.25, 0.3) is 0 Å². The second kappa shape index (κ2) is 6.36. The van der Waals surface area contributed by atoms with Crippen LogP contribution in [-0.2, 0) is 0 Å². The highest BCUT2D eigenvalue weighted by Crippen LogP contribution is 2.30. The molecule has 0 fully saturated rings. The number of nitrogen functional groups attached to an aromatic ring is 1. The van der Waals surface area contributed by atoms with Crippen LogP contribution < -0.4 is 11.1 Å². The number of nitrogens with two attached hydrogens (primary N) is 1. The average molecular weight is 265 g/mol. The van der Waals surface area contributed by atoms with Crippen LogP contribution in [0.1, 0.15) is 6.42 Å². The molecule has 0 unspecified atom stereocenters. The Kier molecular flexibility index (Phi) is 5.43. The molecule has 0 saturated heterocycles. The average Bonchev–Trinajstić information content (AvgIpc) is 2.20. The van der Waals surface area contributed by atoms with Crippen molar-refractivity contribution in [1.82, 2.24) is 0 Å². The number of rotatable bonds is 5. The molecular formula is C10H14Cl2N2S. The zero-order valence-electron chi connectivity index (χ0n) is 8.52. The summed E-state index contributed by atoms with van der Waals surface area (Å²) < 4.78 is 0. The minimum atomic E-state index is 0.490. The van der Waals surface area contributed by atoms with E-state index in [0.717, 1.165) is 24.4 Å². The van der Waals surface area contributed by atoms with Gasteiger partial charge >= 0.3 is 0 Å². The lowest BCUT2D eigenvalue weighted by atomic mass is 10.2. The zero-order valence-corrected chi connectivity index (χ0v) is 10.8. The van der Waals surface area contributed by atoms with Crippen molar-refractivity contribution in [2.24, 2.45) is 0 Å². The number of thioether (sulfide) groups is 1. The normalized spacial score (nSPS) is 10.3. The molecule has 3 N–H and O–H groups in total. The summed E-state index contributed by atoms with van der Waals surface area (Å²) >= 11 is 13.5. The van der Waals surface area contributed by atoms with Gasteiger partial charge in [-0.2, -0.15) is 11.8 Å². The second-order valence-corrected chi connectivity index (χ2v) is 4.93. The molecule has 0 aromatic heterocycles. The molecule has 0 aliphatic heterocycles. The van der Waals surface area contributed by atoms with Crippen LogP contribution in [0.5, 0.6) is 0 Å². The lowest BCUT2D eigenvalue weighted by Crippen LogP contribution is -2.05. The van der Waals surface area contributed by atoms with Crippen molar-refractivity contribution in [2.75, 3.05) is 29.6 Å². The van der Waals surface area contributed by atoms with Gasteiger partial charge in [-0.3, -0.25) is 0 Å². The van der Waals surface area contributed by atoms with E-state index in [1.54, 1.807) is 12.1 Å². The number of hydrogen-bond acceptors (Lipinski definition) is 3. The van der Waals surface area contributed by atoms with E-state index in [1.807, 2.05) is 11.8 Å². The quantitative estimate of drug-likeness (QED) is 0.629. The topological polar surface area (TPSA) is 38.0 Å². The molecule has 0 bridgehead atoms. The maximum Gasteiger partial charge on any atom is 0.0614 e. The first kappa shape index (κ1) is 12.8. The molecule has 1 aromatic carbocycles. The molecule has 0 amide bonds. The van der Waals surface area contributed by atoms with Gasteiger partial charge in [-0.05, 0) is 30.6 Å². The molecule has 5 heteroatoms. The lowest BCUT2D eigenvalue weighted by Gasteiger charge is -2.10. The van der Waals surface area contributed by atoms with Gasteiger partial charge in [0.2, 0.25) is 0 Å². The third-order valence-corrected chi connectivity index (χ3v) is 3.35. The number of nitrogens with one attached hydrogen (secondary N) is 1. The molecular weight excluding hydrogens is 251 g/mol. The minimum absolute atomic E-state index is 0.490. The van der Waals surface area contributed by atoms with Gasteiger partial charge in [-0.15, -0.1) is 0 Å². The third-order valence-electron chi connectivity index (χ3n) is 1.93. The summed E-state index contributed by atoms with van der Waals surface area (Å²) in [4.78, 5) is 0. The number of hydrogen-bond donors (Lipinski definition) is 2. The third kappa shape index (κ3) is 4.01. The van der Waals surface area contributed by atoms with Gasteiger partial charge in [0.05, 0.1) is 21.4 Å². The summed E-state index contributed by atoms with van der Waals surface area (Å²) in [6, 6.07) is 3.43. The molecule has 0 aliphatic carbocycles. The summed E-state index contributed by atoms with van der Waals surface area (Å²) in [5.74, 6) is 1.13. The Morgan fingerprint density at radius 3 is 2.67 bits per heavy atom. The zero-order chi connectivity index (χ0) is 11.3. The largest absolute Gasteiger partial charge is 0.397 e. The predicted octanol–water partition coefficient (Wildman–Crippen LogP) is 3.74. The van der Waals surface area contributed by atoms with E-state index < -0.39 is 0 Å². The van der Waals surface area contributed by atoms with Gasteiger partial charge in [0.1, 0.15) is 0 Å². The SMILES string of the molecule is CSCCCNc1cc(Cl)c(Cl)cc1N. The van der Waals surface area contributed by atoms with E-state index in [4.69, 9.17) is 28.9 Å². The van der Waals surface area contributed by atoms with E-state index in [0.29, 0.717) is 15.7 Å². The van der Waals surface area contributed by atoms with E-state index >= 15 is 0 Å². The van der Waals surface area contributed by atoms with Gasteiger partial charge in [-0.25, -0.2) is 0 Å². The molecule has 1 rings (SSSR count). The highest BCUT2D eigenvalue weighted by atomic mass is 35.5. The lowest BCUT2D eigenvalue weighted by molar-refractivity contribution is 0.994. The minimum Gasteiger partial charge on any atom is -0.397 e. The highest BCUT2D eigenvalue weighted by Gasteiger charge is 2.03. The van der Waals surface area contributed by atoms with Crippen LogP contribution in [0, 0.1) is 0 Å².